The van der Waals surface area contributed by atoms with Gasteiger partial charge in [-0.2, -0.15) is 26.3 Å². The van der Waals surface area contributed by atoms with Crippen molar-refractivity contribution in [3.05, 3.63) is 127 Å². The lowest BCUT2D eigenvalue weighted by Gasteiger charge is -2.31. The molecule has 0 radical (unpaired) electrons. The van der Waals surface area contributed by atoms with Crippen LogP contribution in [0.1, 0.15) is 70.4 Å². The molecule has 2 fully saturated rings. The molecular weight excluding hydrogens is 750 g/mol. The maximum Gasteiger partial charge on any atom is 0.416 e. The Hall–Kier alpha value is -6.20. The number of carbonyl (C=O) groups is 2. The van der Waals surface area contributed by atoms with Crippen LogP contribution in [0.25, 0.3) is 0 Å². The Morgan fingerprint density at radius 2 is 0.839 bits per heavy atom. The molecular formula is C38H36F6N6O6. The van der Waals surface area contributed by atoms with Gasteiger partial charge >= 0.3 is 12.4 Å². The van der Waals surface area contributed by atoms with E-state index in [0.717, 1.165) is 62.8 Å². The minimum atomic E-state index is -4.53. The van der Waals surface area contributed by atoms with Crippen molar-refractivity contribution in [2.24, 2.45) is 0 Å². The summed E-state index contributed by atoms with van der Waals surface area (Å²) in [6.07, 6.45) is -3.25. The molecule has 0 spiro atoms. The first-order valence-electron chi connectivity index (χ1n) is 17.6. The first-order chi connectivity index (χ1) is 26.5. The SMILES string of the molecule is O=C(Nc1cc(C(F)(F)F)ccc1N1CCCCC1)c1ccc([N+](=O)[O-])cc1.O=C(Nc1cc(C(F)(F)F)ccc1N1CCCCC1)c1ccc([N+](=O)[O-])cc1. The number of amides is 2. The van der Waals surface area contributed by atoms with Crippen LogP contribution < -0.4 is 20.4 Å². The van der Waals surface area contributed by atoms with E-state index >= 15 is 0 Å². The van der Waals surface area contributed by atoms with Crippen molar-refractivity contribution in [2.45, 2.75) is 50.9 Å². The number of non-ortho nitro benzene ring substituents is 2. The fraction of sp³-hybridized carbons (Fsp3) is 0.316. The predicted molar refractivity (Wildman–Crippen MR) is 197 cm³/mol. The summed E-state index contributed by atoms with van der Waals surface area (Å²) in [5, 5.41) is 26.5. The molecule has 2 N–H and O–H groups in total. The number of alkyl halides is 6. The van der Waals surface area contributed by atoms with E-state index in [4.69, 9.17) is 0 Å². The van der Waals surface area contributed by atoms with Crippen molar-refractivity contribution in [3.8, 4) is 0 Å². The topological polar surface area (TPSA) is 151 Å². The summed E-state index contributed by atoms with van der Waals surface area (Å²) in [6, 6.07) is 16.4. The summed E-state index contributed by atoms with van der Waals surface area (Å²) >= 11 is 0. The number of nitro groups is 2. The van der Waals surface area contributed by atoms with Crippen molar-refractivity contribution < 1.29 is 45.8 Å². The molecule has 6 rings (SSSR count). The zero-order valence-electron chi connectivity index (χ0n) is 29.7. The van der Waals surface area contributed by atoms with Crippen LogP contribution in [0.15, 0.2) is 84.9 Å². The second kappa shape index (κ2) is 17.5. The second-order valence-corrected chi connectivity index (χ2v) is 13.1. The van der Waals surface area contributed by atoms with E-state index in [-0.39, 0.29) is 33.9 Å². The number of anilines is 4. The van der Waals surface area contributed by atoms with E-state index in [1.807, 2.05) is 9.80 Å². The standard InChI is InChI=1S/2C19H18F3N3O3/c2*20-19(21,22)14-6-9-17(24-10-2-1-3-11-24)16(12-14)23-18(26)13-4-7-15(8-5-13)25(27)28/h2*4-9,12H,1-3,10-11H2,(H,23,26). The zero-order valence-corrected chi connectivity index (χ0v) is 29.7. The minimum Gasteiger partial charge on any atom is -0.370 e. The third-order valence-corrected chi connectivity index (χ3v) is 9.22. The van der Waals surface area contributed by atoms with Gasteiger partial charge in [0.05, 0.1) is 43.7 Å². The molecule has 0 saturated carbocycles. The number of nitrogens with one attached hydrogen (secondary N) is 2. The Morgan fingerprint density at radius 3 is 1.12 bits per heavy atom. The third kappa shape index (κ3) is 10.5. The van der Waals surface area contributed by atoms with Gasteiger partial charge in [0, 0.05) is 61.6 Å². The Bertz CT molecular complexity index is 1900. The van der Waals surface area contributed by atoms with Gasteiger partial charge in [0.2, 0.25) is 0 Å². The number of carbonyl (C=O) groups excluding carboxylic acids is 2. The molecule has 0 bridgehead atoms. The van der Waals surface area contributed by atoms with Crippen molar-refractivity contribution in [3.63, 3.8) is 0 Å². The molecule has 296 valence electrons. The second-order valence-electron chi connectivity index (χ2n) is 13.1. The molecule has 2 saturated heterocycles. The molecule has 18 heteroatoms. The monoisotopic (exact) mass is 786 g/mol. The first-order valence-corrected chi connectivity index (χ1v) is 17.6. The van der Waals surface area contributed by atoms with Crippen molar-refractivity contribution in [2.75, 3.05) is 46.6 Å². The van der Waals surface area contributed by atoms with Crippen LogP contribution in [0.2, 0.25) is 0 Å². The lowest BCUT2D eigenvalue weighted by molar-refractivity contribution is -0.385. The number of nitrogens with zero attached hydrogens (tertiary/aromatic N) is 4. The van der Waals surface area contributed by atoms with Gasteiger partial charge in [-0.3, -0.25) is 29.8 Å². The summed E-state index contributed by atoms with van der Waals surface area (Å²) < 4.78 is 78.8. The van der Waals surface area contributed by atoms with E-state index in [9.17, 15) is 56.2 Å². The molecule has 0 aliphatic carbocycles. The Labute approximate surface area is 316 Å². The number of hydrogen-bond acceptors (Lipinski definition) is 8. The van der Waals surface area contributed by atoms with Crippen molar-refractivity contribution in [1.82, 2.24) is 0 Å². The summed E-state index contributed by atoms with van der Waals surface area (Å²) in [6.45, 7) is 2.80. The van der Waals surface area contributed by atoms with Crippen LogP contribution in [-0.2, 0) is 12.4 Å². The largest absolute Gasteiger partial charge is 0.416 e. The summed E-state index contributed by atoms with van der Waals surface area (Å²) in [7, 11) is 0. The number of piperidine rings is 2. The number of halogens is 6. The third-order valence-electron chi connectivity index (χ3n) is 9.22. The Kier molecular flexibility index (Phi) is 12.8. The highest BCUT2D eigenvalue weighted by molar-refractivity contribution is 6.07. The van der Waals surface area contributed by atoms with Gasteiger partial charge in [0.25, 0.3) is 23.2 Å². The van der Waals surface area contributed by atoms with Gasteiger partial charge < -0.3 is 20.4 Å². The van der Waals surface area contributed by atoms with Gasteiger partial charge in [0.15, 0.2) is 0 Å². The quantitative estimate of drug-likeness (QED) is 0.102. The van der Waals surface area contributed by atoms with Crippen LogP contribution in [-0.4, -0.2) is 47.8 Å². The molecule has 12 nitrogen and oxygen atoms in total. The number of hydrogen-bond donors (Lipinski definition) is 2. The summed E-state index contributed by atoms with van der Waals surface area (Å²) in [4.78, 5) is 49.2. The number of benzene rings is 4. The molecule has 2 aliphatic rings. The van der Waals surface area contributed by atoms with Crippen LogP contribution in [0.4, 0.5) is 60.5 Å². The van der Waals surface area contributed by atoms with Crippen LogP contribution >= 0.6 is 0 Å². The van der Waals surface area contributed by atoms with Gasteiger partial charge in [-0.25, -0.2) is 0 Å². The average molecular weight is 787 g/mol. The number of nitro benzene ring substituents is 2. The lowest BCUT2D eigenvalue weighted by Crippen LogP contribution is -2.30. The van der Waals surface area contributed by atoms with Crippen LogP contribution in [0, 0.1) is 20.2 Å². The molecule has 2 heterocycles. The fourth-order valence-corrected chi connectivity index (χ4v) is 6.30. The molecule has 2 aliphatic heterocycles. The molecule has 56 heavy (non-hydrogen) atoms. The molecule has 4 aromatic rings. The zero-order chi connectivity index (χ0) is 40.6. The smallest absolute Gasteiger partial charge is 0.370 e. The van der Waals surface area contributed by atoms with E-state index in [0.29, 0.717) is 37.6 Å². The van der Waals surface area contributed by atoms with Gasteiger partial charge in [-0.1, -0.05) is 0 Å². The van der Waals surface area contributed by atoms with Crippen molar-refractivity contribution >= 4 is 45.9 Å². The fourth-order valence-electron chi connectivity index (χ4n) is 6.30. The normalized spacial score (nSPS) is 14.6. The Morgan fingerprint density at radius 1 is 0.518 bits per heavy atom. The molecule has 0 atom stereocenters. The molecule has 0 unspecified atom stereocenters. The van der Waals surface area contributed by atoms with Crippen LogP contribution in [0.3, 0.4) is 0 Å². The maximum atomic E-state index is 13.1. The Balaban J connectivity index is 0.000000214. The molecule has 4 aromatic carbocycles. The van der Waals surface area contributed by atoms with Gasteiger partial charge in [-0.05, 0) is 99.2 Å². The maximum absolute atomic E-state index is 13.1. The van der Waals surface area contributed by atoms with Gasteiger partial charge in [-0.15, -0.1) is 0 Å². The number of rotatable bonds is 8. The van der Waals surface area contributed by atoms with E-state index in [2.05, 4.69) is 10.6 Å². The van der Waals surface area contributed by atoms with Crippen LogP contribution in [0.5, 0.6) is 0 Å². The van der Waals surface area contributed by atoms with E-state index in [1.54, 1.807) is 0 Å². The van der Waals surface area contributed by atoms with Gasteiger partial charge in [0.1, 0.15) is 0 Å². The minimum absolute atomic E-state index is 0.0695. The van der Waals surface area contributed by atoms with Crippen molar-refractivity contribution in [1.29, 1.82) is 0 Å². The predicted octanol–water partition coefficient (Wildman–Crippen LogP) is 9.71. The average Bonchev–Trinajstić information content (AvgIpc) is 3.18. The molecule has 2 amide bonds. The highest BCUT2D eigenvalue weighted by Crippen LogP contribution is 2.38. The molecule has 0 aromatic heterocycles. The highest BCUT2D eigenvalue weighted by Gasteiger charge is 2.33. The van der Waals surface area contributed by atoms with E-state index in [1.165, 1.54) is 60.7 Å². The summed E-state index contributed by atoms with van der Waals surface area (Å²) in [5.41, 5.74) is -0.625. The highest BCUT2D eigenvalue weighted by atomic mass is 19.4. The first kappa shape index (κ1) is 41.0. The van der Waals surface area contributed by atoms with E-state index < -0.39 is 45.1 Å². The lowest BCUT2D eigenvalue weighted by atomic mass is 10.1. The summed E-state index contributed by atoms with van der Waals surface area (Å²) in [5.74, 6) is -1.26.